The maximum Gasteiger partial charge on any atom is 0.211 e. The van der Waals surface area contributed by atoms with E-state index in [9.17, 15) is 13.5 Å². The van der Waals surface area contributed by atoms with Crippen LogP contribution in [0.4, 0.5) is 0 Å². The van der Waals surface area contributed by atoms with Gasteiger partial charge >= 0.3 is 0 Å². The molecule has 1 fully saturated rings. The first kappa shape index (κ1) is 15.9. The maximum absolute atomic E-state index is 11.5. The van der Waals surface area contributed by atoms with E-state index in [0.717, 1.165) is 32.1 Å². The van der Waals surface area contributed by atoms with Crippen LogP contribution in [0.15, 0.2) is 0 Å². The standard InChI is InChI=1S/C13H27NO3S/c1-11(2)13(15)8-4-6-12-7-5-9-14(10-12)18(3,16)17/h11-13,15H,4-10H2,1-3H3. The summed E-state index contributed by atoms with van der Waals surface area (Å²) in [6, 6.07) is 0. The van der Waals surface area contributed by atoms with Gasteiger partial charge in [-0.05, 0) is 37.5 Å². The second-order valence-electron chi connectivity index (χ2n) is 5.87. The SMILES string of the molecule is CC(C)C(O)CCCC1CCCN(S(C)(=O)=O)C1. The molecule has 0 aromatic carbocycles. The van der Waals surface area contributed by atoms with Crippen molar-refractivity contribution in [3.63, 3.8) is 0 Å². The van der Waals surface area contributed by atoms with Crippen LogP contribution in [0.5, 0.6) is 0 Å². The van der Waals surface area contributed by atoms with E-state index >= 15 is 0 Å². The number of nitrogens with zero attached hydrogens (tertiary/aromatic N) is 1. The molecule has 0 aliphatic carbocycles. The number of rotatable bonds is 6. The van der Waals surface area contributed by atoms with Crippen molar-refractivity contribution >= 4 is 10.0 Å². The van der Waals surface area contributed by atoms with Crippen molar-refractivity contribution in [3.8, 4) is 0 Å². The zero-order chi connectivity index (χ0) is 13.8. The molecule has 1 saturated heterocycles. The third-order valence-corrected chi connectivity index (χ3v) is 5.10. The van der Waals surface area contributed by atoms with Crippen LogP contribution < -0.4 is 0 Å². The van der Waals surface area contributed by atoms with Gasteiger partial charge in [0.1, 0.15) is 0 Å². The average molecular weight is 277 g/mol. The molecule has 0 radical (unpaired) electrons. The molecule has 1 N–H and O–H groups in total. The Morgan fingerprint density at radius 2 is 2.06 bits per heavy atom. The first-order chi connectivity index (χ1) is 8.30. The van der Waals surface area contributed by atoms with Gasteiger partial charge in [0, 0.05) is 13.1 Å². The minimum absolute atomic E-state index is 0.223. The molecule has 0 saturated carbocycles. The summed E-state index contributed by atoms with van der Waals surface area (Å²) in [5.74, 6) is 0.775. The largest absolute Gasteiger partial charge is 0.393 e. The van der Waals surface area contributed by atoms with Crippen LogP contribution in [-0.2, 0) is 10.0 Å². The van der Waals surface area contributed by atoms with Crippen molar-refractivity contribution < 1.29 is 13.5 Å². The van der Waals surface area contributed by atoms with Crippen molar-refractivity contribution in [3.05, 3.63) is 0 Å². The lowest BCUT2D eigenvalue weighted by Gasteiger charge is -2.31. The van der Waals surface area contributed by atoms with E-state index in [1.54, 1.807) is 4.31 Å². The summed E-state index contributed by atoms with van der Waals surface area (Å²) in [6.45, 7) is 5.38. The Hall–Kier alpha value is -0.130. The molecule has 5 heteroatoms. The molecule has 0 bridgehead atoms. The third kappa shape index (κ3) is 5.24. The molecule has 1 aliphatic heterocycles. The fourth-order valence-corrected chi connectivity index (χ4v) is 3.46. The topological polar surface area (TPSA) is 57.6 Å². The lowest BCUT2D eigenvalue weighted by Crippen LogP contribution is -2.39. The third-order valence-electron chi connectivity index (χ3n) is 3.83. The molecule has 2 atom stereocenters. The van der Waals surface area contributed by atoms with Crippen molar-refractivity contribution in [2.75, 3.05) is 19.3 Å². The van der Waals surface area contributed by atoms with Gasteiger partial charge in [0.25, 0.3) is 0 Å². The minimum atomic E-state index is -3.03. The number of hydrogen-bond donors (Lipinski definition) is 1. The Labute approximate surface area is 111 Å². The highest BCUT2D eigenvalue weighted by molar-refractivity contribution is 7.88. The molecule has 4 nitrogen and oxygen atoms in total. The molecule has 1 rings (SSSR count). The van der Waals surface area contributed by atoms with E-state index in [0.29, 0.717) is 24.9 Å². The van der Waals surface area contributed by atoms with Gasteiger partial charge in [-0.3, -0.25) is 0 Å². The van der Waals surface area contributed by atoms with Crippen LogP contribution in [-0.4, -0.2) is 43.3 Å². The second-order valence-corrected chi connectivity index (χ2v) is 7.85. The summed E-state index contributed by atoms with van der Waals surface area (Å²) in [5, 5.41) is 9.73. The molecular formula is C13H27NO3S. The van der Waals surface area contributed by atoms with Crippen LogP contribution in [0.25, 0.3) is 0 Å². The summed E-state index contributed by atoms with van der Waals surface area (Å²) in [6.07, 6.45) is 5.98. The van der Waals surface area contributed by atoms with Gasteiger partial charge in [0.15, 0.2) is 0 Å². The molecule has 0 aromatic heterocycles. The van der Waals surface area contributed by atoms with Gasteiger partial charge < -0.3 is 5.11 Å². The Morgan fingerprint density at radius 3 is 2.61 bits per heavy atom. The van der Waals surface area contributed by atoms with Crippen LogP contribution in [0.3, 0.4) is 0 Å². The van der Waals surface area contributed by atoms with Crippen molar-refractivity contribution in [1.82, 2.24) is 4.31 Å². The Kier molecular flexibility index (Phi) is 6.08. The van der Waals surface area contributed by atoms with Crippen molar-refractivity contribution in [2.45, 2.75) is 52.1 Å². The molecule has 0 aromatic rings. The number of piperidine rings is 1. The van der Waals surface area contributed by atoms with Crippen LogP contribution >= 0.6 is 0 Å². The van der Waals surface area contributed by atoms with Gasteiger partial charge in [-0.1, -0.05) is 20.3 Å². The Balaban J connectivity index is 2.31. The minimum Gasteiger partial charge on any atom is -0.393 e. The monoisotopic (exact) mass is 277 g/mol. The summed E-state index contributed by atoms with van der Waals surface area (Å²) in [5.41, 5.74) is 0. The molecule has 18 heavy (non-hydrogen) atoms. The highest BCUT2D eigenvalue weighted by Crippen LogP contribution is 2.24. The Morgan fingerprint density at radius 1 is 1.39 bits per heavy atom. The van der Waals surface area contributed by atoms with Crippen LogP contribution in [0.2, 0.25) is 0 Å². The molecule has 0 spiro atoms. The molecule has 1 heterocycles. The van der Waals surface area contributed by atoms with Gasteiger partial charge in [-0.2, -0.15) is 0 Å². The molecular weight excluding hydrogens is 250 g/mol. The molecule has 108 valence electrons. The summed E-state index contributed by atoms with van der Waals surface area (Å²) in [4.78, 5) is 0. The van der Waals surface area contributed by atoms with E-state index in [-0.39, 0.29) is 6.10 Å². The number of hydrogen-bond acceptors (Lipinski definition) is 3. The smallest absolute Gasteiger partial charge is 0.211 e. The van der Waals surface area contributed by atoms with Crippen LogP contribution in [0.1, 0.15) is 46.0 Å². The summed E-state index contributed by atoms with van der Waals surface area (Å²) >= 11 is 0. The summed E-state index contributed by atoms with van der Waals surface area (Å²) in [7, 11) is -3.03. The van der Waals surface area contributed by atoms with E-state index < -0.39 is 10.0 Å². The molecule has 2 unspecified atom stereocenters. The highest BCUT2D eigenvalue weighted by atomic mass is 32.2. The first-order valence-electron chi connectivity index (χ1n) is 6.94. The quantitative estimate of drug-likeness (QED) is 0.806. The van der Waals surface area contributed by atoms with Crippen molar-refractivity contribution in [2.24, 2.45) is 11.8 Å². The predicted molar refractivity (Wildman–Crippen MR) is 73.8 cm³/mol. The summed E-state index contributed by atoms with van der Waals surface area (Å²) < 4.78 is 24.6. The zero-order valence-corrected chi connectivity index (χ0v) is 12.6. The van der Waals surface area contributed by atoms with Crippen LogP contribution in [0, 0.1) is 11.8 Å². The van der Waals surface area contributed by atoms with Gasteiger partial charge in [-0.15, -0.1) is 0 Å². The van der Waals surface area contributed by atoms with Gasteiger partial charge in [0.2, 0.25) is 10.0 Å². The normalized spacial score (nSPS) is 24.4. The first-order valence-corrected chi connectivity index (χ1v) is 8.78. The maximum atomic E-state index is 11.5. The Bertz CT molecular complexity index is 340. The van der Waals surface area contributed by atoms with E-state index in [1.807, 2.05) is 13.8 Å². The van der Waals surface area contributed by atoms with E-state index in [1.165, 1.54) is 6.26 Å². The highest BCUT2D eigenvalue weighted by Gasteiger charge is 2.25. The molecule has 1 aliphatic rings. The van der Waals surface area contributed by atoms with E-state index in [4.69, 9.17) is 0 Å². The van der Waals surface area contributed by atoms with E-state index in [2.05, 4.69) is 0 Å². The lowest BCUT2D eigenvalue weighted by molar-refractivity contribution is 0.110. The number of aliphatic hydroxyl groups excluding tert-OH is 1. The average Bonchev–Trinajstić information content (AvgIpc) is 2.28. The second kappa shape index (κ2) is 6.87. The zero-order valence-electron chi connectivity index (χ0n) is 11.8. The number of sulfonamides is 1. The fourth-order valence-electron chi connectivity index (χ4n) is 2.51. The van der Waals surface area contributed by atoms with Crippen molar-refractivity contribution in [1.29, 1.82) is 0 Å². The lowest BCUT2D eigenvalue weighted by atomic mass is 9.92. The van der Waals surface area contributed by atoms with Gasteiger partial charge in [-0.25, -0.2) is 12.7 Å². The fraction of sp³-hybridized carbons (Fsp3) is 1.00. The predicted octanol–water partition coefficient (Wildman–Crippen LogP) is 1.85. The molecule has 0 amide bonds. The number of aliphatic hydroxyl groups is 1. The van der Waals surface area contributed by atoms with Gasteiger partial charge in [0.05, 0.1) is 12.4 Å².